The van der Waals surface area contributed by atoms with Crippen LogP contribution < -0.4 is 20.3 Å². The van der Waals surface area contributed by atoms with Gasteiger partial charge in [0.25, 0.3) is 5.56 Å². The van der Waals surface area contributed by atoms with Crippen LogP contribution in [0.2, 0.25) is 0 Å². The first-order chi connectivity index (χ1) is 14.4. The minimum atomic E-state index is -0.297. The highest BCUT2D eigenvalue weighted by Gasteiger charge is 2.22. The first-order valence-corrected chi connectivity index (χ1v) is 11.6. The molecule has 0 fully saturated rings. The molecular formula is C21H23N3O4S2. The lowest BCUT2D eigenvalue weighted by atomic mass is 10.2. The van der Waals surface area contributed by atoms with Gasteiger partial charge in [-0.1, -0.05) is 12.1 Å². The summed E-state index contributed by atoms with van der Waals surface area (Å²) in [5, 5.41) is 3.28. The Morgan fingerprint density at radius 1 is 1.37 bits per heavy atom. The van der Waals surface area contributed by atoms with Gasteiger partial charge in [0.1, 0.15) is 23.4 Å². The molecule has 9 heteroatoms. The van der Waals surface area contributed by atoms with Crippen molar-refractivity contribution in [2.75, 3.05) is 13.2 Å². The molecule has 2 atom stereocenters. The van der Waals surface area contributed by atoms with Gasteiger partial charge in [-0.3, -0.25) is 9.59 Å². The Labute approximate surface area is 182 Å². The fourth-order valence-corrected chi connectivity index (χ4v) is 5.00. The number of fused-ring (bicyclic) bond motifs is 2. The molecule has 4 rings (SSSR count). The van der Waals surface area contributed by atoms with E-state index < -0.39 is 0 Å². The molecule has 1 aliphatic heterocycles. The third-order valence-electron chi connectivity index (χ3n) is 5.00. The van der Waals surface area contributed by atoms with Gasteiger partial charge >= 0.3 is 0 Å². The number of H-pyrrole nitrogens is 1. The normalized spacial score (nSPS) is 16.4. The Bertz CT molecular complexity index is 1140. The summed E-state index contributed by atoms with van der Waals surface area (Å²) in [6.07, 6.45) is -0.230. The third-order valence-corrected chi connectivity index (χ3v) is 7.25. The van der Waals surface area contributed by atoms with E-state index in [4.69, 9.17) is 9.47 Å². The number of hydrogen-bond acceptors (Lipinski definition) is 7. The van der Waals surface area contributed by atoms with E-state index in [1.165, 1.54) is 23.1 Å². The summed E-state index contributed by atoms with van der Waals surface area (Å²) in [5.74, 6) is 2.35. The maximum Gasteiger partial charge on any atom is 0.259 e. The Morgan fingerprint density at radius 3 is 2.93 bits per heavy atom. The first-order valence-electron chi connectivity index (χ1n) is 9.69. The highest BCUT2D eigenvalue weighted by molar-refractivity contribution is 7.99. The zero-order valence-corrected chi connectivity index (χ0v) is 18.6. The molecule has 0 aliphatic carbocycles. The maximum absolute atomic E-state index is 12.5. The molecule has 0 spiro atoms. The van der Waals surface area contributed by atoms with E-state index in [0.29, 0.717) is 35.9 Å². The smallest absolute Gasteiger partial charge is 0.259 e. The van der Waals surface area contributed by atoms with Gasteiger partial charge in [-0.25, -0.2) is 4.98 Å². The summed E-state index contributed by atoms with van der Waals surface area (Å²) in [4.78, 5) is 34.1. The zero-order valence-electron chi connectivity index (χ0n) is 17.0. The first kappa shape index (κ1) is 20.7. The van der Waals surface area contributed by atoms with Crippen LogP contribution in [0.1, 0.15) is 23.2 Å². The van der Waals surface area contributed by atoms with Gasteiger partial charge in [-0.15, -0.1) is 23.1 Å². The minimum absolute atomic E-state index is 0.0892. The van der Waals surface area contributed by atoms with Gasteiger partial charge in [-0.2, -0.15) is 0 Å². The molecular weight excluding hydrogens is 422 g/mol. The molecule has 0 bridgehead atoms. The summed E-state index contributed by atoms with van der Waals surface area (Å²) in [5.41, 5.74) is 0.858. The van der Waals surface area contributed by atoms with Gasteiger partial charge in [-0.05, 0) is 38.5 Å². The van der Waals surface area contributed by atoms with Crippen molar-refractivity contribution < 1.29 is 14.3 Å². The van der Waals surface area contributed by atoms with Crippen molar-refractivity contribution in [3.05, 3.63) is 50.9 Å². The van der Waals surface area contributed by atoms with Gasteiger partial charge in [0.2, 0.25) is 5.91 Å². The summed E-state index contributed by atoms with van der Waals surface area (Å²) in [7, 11) is 0. The molecule has 1 amide bonds. The predicted molar refractivity (Wildman–Crippen MR) is 120 cm³/mol. The number of carbonyl (C=O) groups is 1. The van der Waals surface area contributed by atoms with E-state index in [1.54, 1.807) is 0 Å². The van der Waals surface area contributed by atoms with Crippen LogP contribution in [0.15, 0.2) is 29.1 Å². The molecule has 0 unspecified atom stereocenters. The van der Waals surface area contributed by atoms with E-state index in [9.17, 15) is 9.59 Å². The number of ether oxygens (including phenoxy) is 2. The molecule has 3 heterocycles. The number of carbonyl (C=O) groups excluding carboxylic acids is 1. The number of hydrogen-bond donors (Lipinski definition) is 2. The van der Waals surface area contributed by atoms with Crippen molar-refractivity contribution in [1.82, 2.24) is 15.3 Å². The molecule has 7 nitrogen and oxygen atoms in total. The number of aryl methyl sites for hydroxylation is 2. The summed E-state index contributed by atoms with van der Waals surface area (Å²) in [6.45, 7) is 6.52. The van der Waals surface area contributed by atoms with Gasteiger partial charge < -0.3 is 19.8 Å². The second-order valence-corrected chi connectivity index (χ2v) is 9.70. The maximum atomic E-state index is 12.5. The molecule has 1 aliphatic rings. The average Bonchev–Trinajstić information content (AvgIpc) is 3.03. The van der Waals surface area contributed by atoms with Crippen molar-refractivity contribution >= 4 is 39.2 Å². The number of para-hydroxylation sites is 2. The summed E-state index contributed by atoms with van der Waals surface area (Å²) >= 11 is 2.95. The monoisotopic (exact) mass is 445 g/mol. The number of rotatable bonds is 6. The molecule has 30 heavy (non-hydrogen) atoms. The number of amides is 1. The zero-order chi connectivity index (χ0) is 21.3. The molecule has 158 valence electrons. The number of aromatic amines is 1. The Hall–Kier alpha value is -2.52. The molecule has 3 aromatic rings. The number of nitrogens with zero attached hydrogens (tertiary/aromatic N) is 1. The second-order valence-electron chi connectivity index (χ2n) is 7.17. The number of thiophene rings is 1. The van der Waals surface area contributed by atoms with Gasteiger partial charge in [0, 0.05) is 4.88 Å². The lowest BCUT2D eigenvalue weighted by Gasteiger charge is -2.26. The van der Waals surface area contributed by atoms with Crippen molar-refractivity contribution in [3.63, 3.8) is 0 Å². The Kier molecular flexibility index (Phi) is 6.01. The fourth-order valence-electron chi connectivity index (χ4n) is 3.17. The van der Waals surface area contributed by atoms with Crippen LogP contribution in [0.3, 0.4) is 0 Å². The largest absolute Gasteiger partial charge is 0.486 e. The lowest BCUT2D eigenvalue weighted by Crippen LogP contribution is -2.42. The summed E-state index contributed by atoms with van der Waals surface area (Å²) < 4.78 is 11.5. The number of nitrogens with one attached hydrogen (secondary N) is 2. The van der Waals surface area contributed by atoms with Crippen LogP contribution >= 0.6 is 23.1 Å². The van der Waals surface area contributed by atoms with Crippen LogP contribution in [0, 0.1) is 13.8 Å². The van der Waals surface area contributed by atoms with Crippen molar-refractivity contribution in [1.29, 1.82) is 0 Å². The SMILES string of the molecule is Cc1sc2nc(CS[C@@H](C)C(=O)NC[C@@H]3COc4ccccc4O3)[nH]c(=O)c2c1C. The van der Waals surface area contributed by atoms with Crippen molar-refractivity contribution in [3.8, 4) is 11.5 Å². The number of benzene rings is 1. The van der Waals surface area contributed by atoms with E-state index in [-0.39, 0.29) is 22.8 Å². The van der Waals surface area contributed by atoms with Crippen LogP contribution in [0.25, 0.3) is 10.2 Å². The van der Waals surface area contributed by atoms with Gasteiger partial charge in [0.05, 0.1) is 22.9 Å². The van der Waals surface area contributed by atoms with Crippen molar-refractivity contribution in [2.24, 2.45) is 0 Å². The van der Waals surface area contributed by atoms with E-state index in [1.807, 2.05) is 45.0 Å². The number of thioether (sulfide) groups is 1. The molecule has 0 saturated heterocycles. The van der Waals surface area contributed by atoms with E-state index >= 15 is 0 Å². The molecule has 0 radical (unpaired) electrons. The molecule has 1 aromatic carbocycles. The van der Waals surface area contributed by atoms with Crippen LogP contribution in [0.4, 0.5) is 0 Å². The average molecular weight is 446 g/mol. The highest BCUT2D eigenvalue weighted by Crippen LogP contribution is 2.30. The molecule has 2 aromatic heterocycles. The molecule has 2 N–H and O–H groups in total. The quantitative estimate of drug-likeness (QED) is 0.605. The summed E-state index contributed by atoms with van der Waals surface area (Å²) in [6, 6.07) is 7.49. The van der Waals surface area contributed by atoms with Crippen molar-refractivity contribution in [2.45, 2.75) is 37.9 Å². The molecule has 0 saturated carbocycles. The topological polar surface area (TPSA) is 93.3 Å². The highest BCUT2D eigenvalue weighted by atomic mass is 32.2. The number of aromatic nitrogens is 2. The Morgan fingerprint density at radius 2 is 2.13 bits per heavy atom. The van der Waals surface area contributed by atoms with E-state index in [2.05, 4.69) is 15.3 Å². The predicted octanol–water partition coefficient (Wildman–Crippen LogP) is 3.18. The van der Waals surface area contributed by atoms with E-state index in [0.717, 1.165) is 21.0 Å². The Balaban J connectivity index is 1.30. The fraction of sp³-hybridized carbons (Fsp3) is 0.381. The lowest BCUT2D eigenvalue weighted by molar-refractivity contribution is -0.120. The van der Waals surface area contributed by atoms with Crippen LogP contribution in [0.5, 0.6) is 11.5 Å². The standard InChI is InChI=1S/C21H23N3O4S2/c1-11-12(2)30-21-18(11)20(26)23-17(24-21)10-29-13(3)19(25)22-8-14-9-27-15-6-4-5-7-16(15)28-14/h4-7,13-14H,8-10H2,1-3H3,(H,22,25)(H,23,24,26)/t13-,14+/m0/s1. The second kappa shape index (κ2) is 8.69. The minimum Gasteiger partial charge on any atom is -0.486 e. The van der Waals surface area contributed by atoms with Crippen LogP contribution in [-0.4, -0.2) is 40.4 Å². The van der Waals surface area contributed by atoms with Gasteiger partial charge in [0.15, 0.2) is 11.5 Å². The van der Waals surface area contributed by atoms with Crippen LogP contribution in [-0.2, 0) is 10.5 Å². The third kappa shape index (κ3) is 4.32.